The van der Waals surface area contributed by atoms with Crippen molar-refractivity contribution in [1.82, 2.24) is 5.32 Å². The summed E-state index contributed by atoms with van der Waals surface area (Å²) in [6, 6.07) is 15.7. The molecule has 0 aliphatic heterocycles. The summed E-state index contributed by atoms with van der Waals surface area (Å²) in [5.74, 6) is 0.417. The predicted molar refractivity (Wildman–Crippen MR) is 87.5 cm³/mol. The van der Waals surface area contributed by atoms with E-state index in [1.807, 2.05) is 37.3 Å². The quantitative estimate of drug-likeness (QED) is 0.759. The van der Waals surface area contributed by atoms with E-state index in [2.05, 4.69) is 5.32 Å². The molecule has 2 aromatic carbocycles. The molecule has 0 aliphatic rings. The van der Waals surface area contributed by atoms with Crippen LogP contribution in [0.5, 0.6) is 0 Å². The average molecular weight is 311 g/mol. The molecule has 0 bridgehead atoms. The highest BCUT2D eigenvalue weighted by Gasteiger charge is 2.14. The molecular weight excluding hydrogens is 293 g/mol. The Morgan fingerprint density at radius 1 is 1.17 bits per heavy atom. The van der Waals surface area contributed by atoms with E-state index in [-0.39, 0.29) is 17.8 Å². The zero-order valence-electron chi connectivity index (χ0n) is 12.9. The summed E-state index contributed by atoms with van der Waals surface area (Å²) in [7, 11) is 0. The number of halogens is 1. The second-order valence-electron chi connectivity index (χ2n) is 5.60. The lowest BCUT2D eigenvalue weighted by Crippen LogP contribution is -2.26. The van der Waals surface area contributed by atoms with Gasteiger partial charge in [-0.1, -0.05) is 30.3 Å². The summed E-state index contributed by atoms with van der Waals surface area (Å²) in [6.07, 6.45) is 0.940. The van der Waals surface area contributed by atoms with E-state index in [0.29, 0.717) is 12.8 Å². The number of furan rings is 1. The highest BCUT2D eigenvalue weighted by molar-refractivity contribution is 5.79. The molecule has 0 unspecified atom stereocenters. The molecule has 0 fully saturated rings. The van der Waals surface area contributed by atoms with E-state index >= 15 is 0 Å². The summed E-state index contributed by atoms with van der Waals surface area (Å²) < 4.78 is 18.6. The first-order valence-corrected chi connectivity index (χ1v) is 7.64. The molecule has 4 heteroatoms. The van der Waals surface area contributed by atoms with Gasteiger partial charge in [-0.2, -0.15) is 0 Å². The third-order valence-electron chi connectivity index (χ3n) is 3.80. The fraction of sp³-hybridized carbons (Fsp3) is 0.211. The van der Waals surface area contributed by atoms with Crippen LogP contribution in [0.2, 0.25) is 0 Å². The van der Waals surface area contributed by atoms with Gasteiger partial charge in [-0.3, -0.25) is 4.79 Å². The lowest BCUT2D eigenvalue weighted by atomic mass is 10.1. The van der Waals surface area contributed by atoms with Gasteiger partial charge in [0.1, 0.15) is 17.2 Å². The second kappa shape index (κ2) is 6.65. The normalized spacial score (nSPS) is 12.3. The van der Waals surface area contributed by atoms with E-state index < -0.39 is 0 Å². The van der Waals surface area contributed by atoms with Crippen molar-refractivity contribution in [2.45, 2.75) is 25.8 Å². The number of carbonyl (C=O) groups is 1. The zero-order valence-corrected chi connectivity index (χ0v) is 12.9. The molecule has 3 nitrogen and oxygen atoms in total. The molecule has 23 heavy (non-hydrogen) atoms. The van der Waals surface area contributed by atoms with Crippen LogP contribution in [0.1, 0.15) is 30.7 Å². The van der Waals surface area contributed by atoms with Crippen molar-refractivity contribution in [2.24, 2.45) is 0 Å². The predicted octanol–water partition coefficient (Wildman–Crippen LogP) is 4.38. The lowest BCUT2D eigenvalue weighted by molar-refractivity contribution is -0.121. The number of amides is 1. The van der Waals surface area contributed by atoms with Gasteiger partial charge in [0.25, 0.3) is 0 Å². The lowest BCUT2D eigenvalue weighted by Gasteiger charge is -2.11. The van der Waals surface area contributed by atoms with E-state index in [4.69, 9.17) is 4.42 Å². The summed E-state index contributed by atoms with van der Waals surface area (Å²) in [5, 5.41) is 3.96. The van der Waals surface area contributed by atoms with Gasteiger partial charge in [-0.25, -0.2) is 4.39 Å². The van der Waals surface area contributed by atoms with Crippen LogP contribution < -0.4 is 5.32 Å². The van der Waals surface area contributed by atoms with Crippen LogP contribution in [0.15, 0.2) is 59.0 Å². The van der Waals surface area contributed by atoms with Gasteiger partial charge in [-0.05, 0) is 43.2 Å². The van der Waals surface area contributed by atoms with E-state index in [0.717, 1.165) is 22.3 Å². The number of nitrogens with one attached hydrogen (secondary N) is 1. The van der Waals surface area contributed by atoms with Gasteiger partial charge in [0.2, 0.25) is 5.91 Å². The first-order valence-electron chi connectivity index (χ1n) is 7.64. The maximum Gasteiger partial charge on any atom is 0.220 e. The SMILES string of the molecule is C[C@@H](NC(=O)CCc1ccc(F)cc1)c1cc2ccccc2o1. The monoisotopic (exact) mass is 311 g/mol. The molecule has 0 saturated heterocycles. The topological polar surface area (TPSA) is 42.2 Å². The number of hydrogen-bond acceptors (Lipinski definition) is 2. The molecule has 0 saturated carbocycles. The molecule has 0 aliphatic carbocycles. The van der Waals surface area contributed by atoms with Gasteiger partial charge in [0.05, 0.1) is 6.04 Å². The Balaban J connectivity index is 1.57. The Bertz CT molecular complexity index is 775. The average Bonchev–Trinajstić information content (AvgIpc) is 2.98. The third kappa shape index (κ3) is 3.77. The van der Waals surface area contributed by atoms with Crippen molar-refractivity contribution in [1.29, 1.82) is 0 Å². The molecule has 1 heterocycles. The summed E-state index contributed by atoms with van der Waals surface area (Å²) >= 11 is 0. The van der Waals surface area contributed by atoms with E-state index in [9.17, 15) is 9.18 Å². The number of fused-ring (bicyclic) bond motifs is 1. The Morgan fingerprint density at radius 2 is 1.91 bits per heavy atom. The van der Waals surface area contributed by atoms with Gasteiger partial charge in [-0.15, -0.1) is 0 Å². The van der Waals surface area contributed by atoms with Crippen molar-refractivity contribution in [3.05, 3.63) is 71.7 Å². The van der Waals surface area contributed by atoms with Gasteiger partial charge < -0.3 is 9.73 Å². The fourth-order valence-corrected chi connectivity index (χ4v) is 2.51. The first-order chi connectivity index (χ1) is 11.1. The number of carbonyl (C=O) groups excluding carboxylic acids is 1. The van der Waals surface area contributed by atoms with Crippen molar-refractivity contribution in [3.63, 3.8) is 0 Å². The molecule has 3 aromatic rings. The smallest absolute Gasteiger partial charge is 0.220 e. The third-order valence-corrected chi connectivity index (χ3v) is 3.80. The van der Waals surface area contributed by atoms with E-state index in [1.54, 1.807) is 12.1 Å². The highest BCUT2D eigenvalue weighted by atomic mass is 19.1. The van der Waals surface area contributed by atoms with Crippen molar-refractivity contribution in [3.8, 4) is 0 Å². The standard InChI is InChI=1S/C19H18FNO2/c1-13(18-12-15-4-2-3-5-17(15)23-18)21-19(22)11-8-14-6-9-16(20)10-7-14/h2-7,9-10,12-13H,8,11H2,1H3,(H,21,22)/t13-/m1/s1. The number of para-hydroxylation sites is 1. The van der Waals surface area contributed by atoms with Crippen molar-refractivity contribution < 1.29 is 13.6 Å². The van der Waals surface area contributed by atoms with Crippen LogP contribution in [0, 0.1) is 5.82 Å². The van der Waals surface area contributed by atoms with E-state index in [1.165, 1.54) is 12.1 Å². The first kappa shape index (κ1) is 15.3. The summed E-state index contributed by atoms with van der Waals surface area (Å²) in [5.41, 5.74) is 1.76. The number of hydrogen-bond donors (Lipinski definition) is 1. The van der Waals surface area contributed by atoms with Gasteiger partial charge >= 0.3 is 0 Å². The van der Waals surface area contributed by atoms with Crippen molar-refractivity contribution in [2.75, 3.05) is 0 Å². The number of rotatable bonds is 5. The Kier molecular flexibility index (Phi) is 4.42. The van der Waals surface area contributed by atoms with Gasteiger partial charge in [0.15, 0.2) is 0 Å². The minimum atomic E-state index is -0.267. The van der Waals surface area contributed by atoms with Crippen LogP contribution in [0.4, 0.5) is 4.39 Å². The molecule has 118 valence electrons. The molecule has 0 radical (unpaired) electrons. The molecule has 1 amide bonds. The Morgan fingerprint density at radius 3 is 2.65 bits per heavy atom. The van der Waals surface area contributed by atoms with Crippen LogP contribution >= 0.6 is 0 Å². The largest absolute Gasteiger partial charge is 0.459 e. The highest BCUT2D eigenvalue weighted by Crippen LogP contribution is 2.23. The second-order valence-corrected chi connectivity index (χ2v) is 5.60. The maximum absolute atomic E-state index is 12.8. The minimum absolute atomic E-state index is 0.0534. The van der Waals surface area contributed by atoms with Crippen LogP contribution in [0.25, 0.3) is 11.0 Å². The minimum Gasteiger partial charge on any atom is -0.459 e. The summed E-state index contributed by atoms with van der Waals surface area (Å²) in [6.45, 7) is 1.90. The summed E-state index contributed by atoms with van der Waals surface area (Å²) in [4.78, 5) is 12.1. The fourth-order valence-electron chi connectivity index (χ4n) is 2.51. The molecule has 1 atom stereocenters. The molecule has 1 N–H and O–H groups in total. The zero-order chi connectivity index (χ0) is 16.2. The molecule has 1 aromatic heterocycles. The molecular formula is C19H18FNO2. The number of aryl methyl sites for hydroxylation is 1. The number of benzene rings is 2. The molecule has 3 rings (SSSR count). The van der Waals surface area contributed by atoms with Crippen LogP contribution in [-0.4, -0.2) is 5.91 Å². The Labute approximate surface area is 134 Å². The van der Waals surface area contributed by atoms with Crippen LogP contribution in [0.3, 0.4) is 0 Å². The molecule has 0 spiro atoms. The van der Waals surface area contributed by atoms with Gasteiger partial charge in [0, 0.05) is 11.8 Å². The Hall–Kier alpha value is -2.62. The van der Waals surface area contributed by atoms with Crippen molar-refractivity contribution >= 4 is 16.9 Å². The van der Waals surface area contributed by atoms with Crippen LogP contribution in [-0.2, 0) is 11.2 Å². The maximum atomic E-state index is 12.8.